The van der Waals surface area contributed by atoms with Crippen molar-refractivity contribution in [2.24, 2.45) is 0 Å². The van der Waals surface area contributed by atoms with E-state index in [9.17, 15) is 23.3 Å². The highest BCUT2D eigenvalue weighted by Crippen LogP contribution is 2.37. The van der Waals surface area contributed by atoms with Gasteiger partial charge >= 0.3 is 10.1 Å². The molecule has 1 aliphatic carbocycles. The van der Waals surface area contributed by atoms with Crippen LogP contribution in [0, 0.1) is 10.1 Å². The van der Waals surface area contributed by atoms with Crippen molar-refractivity contribution in [3.63, 3.8) is 0 Å². The van der Waals surface area contributed by atoms with E-state index in [0.717, 1.165) is 43.4 Å². The largest absolute Gasteiger partial charge is 0.493 e. The molecule has 0 bridgehead atoms. The van der Waals surface area contributed by atoms with Gasteiger partial charge in [0.2, 0.25) is 0 Å². The van der Waals surface area contributed by atoms with Gasteiger partial charge in [0.1, 0.15) is 10.7 Å². The van der Waals surface area contributed by atoms with Gasteiger partial charge in [0.05, 0.1) is 17.4 Å². The van der Waals surface area contributed by atoms with Crippen molar-refractivity contribution in [2.75, 3.05) is 7.11 Å². The predicted molar refractivity (Wildman–Crippen MR) is 130 cm³/mol. The molecule has 4 aromatic rings. The van der Waals surface area contributed by atoms with Crippen LogP contribution in [0.15, 0.2) is 52.2 Å². The second kappa shape index (κ2) is 8.78. The highest BCUT2D eigenvalue weighted by molar-refractivity contribution is 7.87. The number of nitro benzene ring substituents is 1. The molecule has 10 nitrogen and oxygen atoms in total. The van der Waals surface area contributed by atoms with Gasteiger partial charge < -0.3 is 13.9 Å². The number of nitrogens with one attached hydrogen (secondary N) is 1. The van der Waals surface area contributed by atoms with E-state index in [1.54, 1.807) is 0 Å². The Kier molecular flexibility index (Phi) is 5.77. The van der Waals surface area contributed by atoms with Gasteiger partial charge in [-0.1, -0.05) is 12.1 Å². The molecule has 2 aromatic carbocycles. The van der Waals surface area contributed by atoms with Gasteiger partial charge in [-0.2, -0.15) is 8.42 Å². The third-order valence-electron chi connectivity index (χ3n) is 5.79. The maximum atomic E-state index is 12.9. The Morgan fingerprint density at radius 1 is 1.11 bits per heavy atom. The Morgan fingerprint density at radius 3 is 2.66 bits per heavy atom. The highest BCUT2D eigenvalue weighted by atomic mass is 32.2. The number of ether oxygens (including phenoxy) is 1. The monoisotopic (exact) mass is 513 g/mol. The highest BCUT2D eigenvalue weighted by Gasteiger charge is 2.28. The lowest BCUT2D eigenvalue weighted by molar-refractivity contribution is -0.387. The number of nitrogens with zero attached hydrogens (tertiary/aromatic N) is 2. The van der Waals surface area contributed by atoms with Gasteiger partial charge in [-0.25, -0.2) is 4.98 Å². The number of aryl methyl sites for hydroxylation is 2. The number of aromatic nitrogens is 2. The van der Waals surface area contributed by atoms with Gasteiger partial charge in [0, 0.05) is 16.5 Å². The fourth-order valence-corrected chi connectivity index (χ4v) is 6.54. The molecule has 0 unspecified atom stereocenters. The molecule has 0 atom stereocenters. The third kappa shape index (κ3) is 4.15. The standard InChI is InChI=1S/C23H19N3O7S2/c1-32-17-12-13(21-24-22(27)20-14-6-2-4-8-18(14)34-23(20)25-21)10-11-16(17)33-35(30,31)19-9-5-3-7-15(19)26(28)29/h3,5,7,9-12H,2,4,6,8H2,1H3,(H,24,25,27). The lowest BCUT2D eigenvalue weighted by Gasteiger charge is -2.12. The Balaban J connectivity index is 1.52. The molecule has 0 amide bonds. The van der Waals surface area contributed by atoms with Crippen LogP contribution in [-0.2, 0) is 23.0 Å². The second-order valence-electron chi connectivity index (χ2n) is 7.93. The summed E-state index contributed by atoms with van der Waals surface area (Å²) in [5.41, 5.74) is 0.750. The van der Waals surface area contributed by atoms with Crippen LogP contribution in [0.5, 0.6) is 11.5 Å². The van der Waals surface area contributed by atoms with E-state index < -0.39 is 25.6 Å². The number of fused-ring (bicyclic) bond motifs is 3. The van der Waals surface area contributed by atoms with E-state index in [4.69, 9.17) is 8.92 Å². The molecular formula is C23H19N3O7S2. The van der Waals surface area contributed by atoms with E-state index in [2.05, 4.69) is 9.97 Å². The number of para-hydroxylation sites is 1. The van der Waals surface area contributed by atoms with Gasteiger partial charge in [-0.3, -0.25) is 14.9 Å². The van der Waals surface area contributed by atoms with E-state index in [1.807, 2.05) is 0 Å². The Labute approximate surface area is 203 Å². The predicted octanol–water partition coefficient (Wildman–Crippen LogP) is 4.21. The average molecular weight is 514 g/mol. The molecule has 12 heteroatoms. The molecule has 0 radical (unpaired) electrons. The number of methoxy groups -OCH3 is 1. The summed E-state index contributed by atoms with van der Waals surface area (Å²) in [5.74, 6) is 0.204. The molecule has 0 aliphatic heterocycles. The van der Waals surface area contributed by atoms with E-state index in [1.165, 1.54) is 53.7 Å². The summed E-state index contributed by atoms with van der Waals surface area (Å²) in [4.78, 5) is 32.1. The number of H-pyrrole nitrogens is 1. The van der Waals surface area contributed by atoms with Crippen LogP contribution in [0.2, 0.25) is 0 Å². The molecule has 0 fully saturated rings. The maximum Gasteiger partial charge on any atom is 0.346 e. The summed E-state index contributed by atoms with van der Waals surface area (Å²) in [6, 6.07) is 9.28. The SMILES string of the molecule is COc1cc(-c2nc3sc4c(c3c(=O)[nH]2)CCCC4)ccc1OS(=O)(=O)c1ccccc1[N+](=O)[O-]. The van der Waals surface area contributed by atoms with Gasteiger partial charge in [-0.05, 0) is 55.5 Å². The first-order valence-corrected chi connectivity index (χ1v) is 12.9. The average Bonchev–Trinajstić information content (AvgIpc) is 3.23. The fraction of sp³-hybridized carbons (Fsp3) is 0.217. The van der Waals surface area contributed by atoms with Gasteiger partial charge in [-0.15, -0.1) is 11.3 Å². The number of hydrogen-bond acceptors (Lipinski definition) is 9. The minimum Gasteiger partial charge on any atom is -0.493 e. The zero-order chi connectivity index (χ0) is 24.7. The van der Waals surface area contributed by atoms with Crippen molar-refractivity contribution in [3.05, 3.63) is 73.4 Å². The molecule has 2 heterocycles. The van der Waals surface area contributed by atoms with Crippen LogP contribution in [0.4, 0.5) is 5.69 Å². The lowest BCUT2D eigenvalue weighted by Crippen LogP contribution is -2.13. The van der Waals surface area contributed by atoms with Crippen molar-refractivity contribution >= 4 is 37.4 Å². The minimum absolute atomic E-state index is 0.0536. The quantitative estimate of drug-likeness (QED) is 0.229. The maximum absolute atomic E-state index is 12.9. The first-order chi connectivity index (χ1) is 16.8. The smallest absolute Gasteiger partial charge is 0.346 e. The van der Waals surface area contributed by atoms with Crippen LogP contribution in [0.1, 0.15) is 23.3 Å². The van der Waals surface area contributed by atoms with E-state index >= 15 is 0 Å². The second-order valence-corrected chi connectivity index (χ2v) is 10.5. The molecule has 5 rings (SSSR count). The van der Waals surface area contributed by atoms with Crippen LogP contribution < -0.4 is 14.5 Å². The zero-order valence-electron chi connectivity index (χ0n) is 18.4. The van der Waals surface area contributed by atoms with Crippen LogP contribution in [0.3, 0.4) is 0 Å². The summed E-state index contributed by atoms with van der Waals surface area (Å²) < 4.78 is 36.1. The molecular weight excluding hydrogens is 494 g/mol. The first kappa shape index (κ1) is 23.0. The number of hydrogen-bond donors (Lipinski definition) is 1. The Hall–Kier alpha value is -3.77. The van der Waals surface area contributed by atoms with Crippen LogP contribution in [-0.4, -0.2) is 30.4 Å². The molecule has 0 spiro atoms. The van der Waals surface area contributed by atoms with Crippen molar-refractivity contribution in [1.82, 2.24) is 9.97 Å². The molecule has 1 aliphatic rings. The number of nitro groups is 1. The number of rotatable bonds is 6. The van der Waals surface area contributed by atoms with Crippen LogP contribution in [0.25, 0.3) is 21.6 Å². The summed E-state index contributed by atoms with van der Waals surface area (Å²) in [5, 5.41) is 11.9. The summed E-state index contributed by atoms with van der Waals surface area (Å²) in [6.45, 7) is 0. The van der Waals surface area contributed by atoms with Crippen molar-refractivity contribution in [2.45, 2.75) is 30.6 Å². The summed E-state index contributed by atoms with van der Waals surface area (Å²) >= 11 is 1.52. The van der Waals surface area contributed by atoms with E-state index in [0.29, 0.717) is 21.6 Å². The number of benzene rings is 2. The normalized spacial score (nSPS) is 13.4. The molecule has 35 heavy (non-hydrogen) atoms. The number of thiophene rings is 1. The van der Waals surface area contributed by atoms with Crippen molar-refractivity contribution in [3.8, 4) is 22.9 Å². The molecule has 0 saturated carbocycles. The topological polar surface area (TPSA) is 141 Å². The first-order valence-electron chi connectivity index (χ1n) is 10.7. The van der Waals surface area contributed by atoms with Crippen molar-refractivity contribution in [1.29, 1.82) is 0 Å². The molecule has 1 N–H and O–H groups in total. The summed E-state index contributed by atoms with van der Waals surface area (Å²) in [6.07, 6.45) is 3.96. The third-order valence-corrected chi connectivity index (χ3v) is 8.26. The lowest BCUT2D eigenvalue weighted by atomic mass is 9.97. The fourth-order valence-electron chi connectivity index (χ4n) is 4.17. The van der Waals surface area contributed by atoms with Crippen LogP contribution >= 0.6 is 11.3 Å². The molecule has 2 aromatic heterocycles. The zero-order valence-corrected chi connectivity index (χ0v) is 20.1. The number of aromatic amines is 1. The Morgan fingerprint density at radius 2 is 1.89 bits per heavy atom. The van der Waals surface area contributed by atoms with E-state index in [-0.39, 0.29) is 17.1 Å². The molecule has 180 valence electrons. The minimum atomic E-state index is -4.53. The van der Waals surface area contributed by atoms with Gasteiger partial charge in [0.25, 0.3) is 11.2 Å². The summed E-state index contributed by atoms with van der Waals surface area (Å²) in [7, 11) is -3.20. The molecule has 0 saturated heterocycles. The van der Waals surface area contributed by atoms with Gasteiger partial charge in [0.15, 0.2) is 16.4 Å². The Bertz CT molecular complexity index is 1640. The van der Waals surface area contributed by atoms with Crippen molar-refractivity contribution < 1.29 is 22.3 Å².